The molecular weight excluding hydrogens is 250 g/mol. The first-order valence-electron chi connectivity index (χ1n) is 6.56. The number of hydrogen-bond donors (Lipinski definition) is 1. The van der Waals surface area contributed by atoms with Crippen molar-refractivity contribution < 1.29 is 9.84 Å². The fourth-order valence-corrected chi connectivity index (χ4v) is 2.15. The number of hydrogen-bond acceptors (Lipinski definition) is 3. The van der Waals surface area contributed by atoms with Crippen molar-refractivity contribution >= 4 is 10.8 Å². The van der Waals surface area contributed by atoms with Crippen molar-refractivity contribution in [2.45, 2.75) is 6.42 Å². The summed E-state index contributed by atoms with van der Waals surface area (Å²) >= 11 is 0. The molecule has 0 spiro atoms. The molecule has 0 aliphatic rings. The number of aromatic nitrogens is 1. The second-order valence-electron chi connectivity index (χ2n) is 4.62. The van der Waals surface area contributed by atoms with E-state index in [1.807, 2.05) is 42.5 Å². The first-order valence-corrected chi connectivity index (χ1v) is 6.56. The Morgan fingerprint density at radius 3 is 2.40 bits per heavy atom. The van der Waals surface area contributed by atoms with Crippen LogP contribution < -0.4 is 4.74 Å². The van der Waals surface area contributed by atoms with Crippen molar-refractivity contribution in [3.8, 4) is 11.5 Å². The van der Waals surface area contributed by atoms with E-state index in [9.17, 15) is 5.11 Å². The van der Waals surface area contributed by atoms with Crippen LogP contribution in [0.4, 0.5) is 0 Å². The van der Waals surface area contributed by atoms with E-state index >= 15 is 0 Å². The maximum absolute atomic E-state index is 9.97. The normalized spacial score (nSPS) is 10.6. The summed E-state index contributed by atoms with van der Waals surface area (Å²) in [6.45, 7) is 0.524. The average Bonchev–Trinajstić information content (AvgIpc) is 2.49. The van der Waals surface area contributed by atoms with Gasteiger partial charge in [-0.2, -0.15) is 0 Å². The highest BCUT2D eigenvalue weighted by Gasteiger charge is 2.05. The van der Waals surface area contributed by atoms with Crippen molar-refractivity contribution in [3.05, 3.63) is 66.5 Å². The molecule has 0 radical (unpaired) electrons. The van der Waals surface area contributed by atoms with Gasteiger partial charge < -0.3 is 9.84 Å². The van der Waals surface area contributed by atoms with Gasteiger partial charge in [0.15, 0.2) is 11.5 Å². The third-order valence-electron chi connectivity index (χ3n) is 3.22. The van der Waals surface area contributed by atoms with Crippen molar-refractivity contribution in [1.29, 1.82) is 0 Å². The summed E-state index contributed by atoms with van der Waals surface area (Å²) in [6, 6.07) is 15.4. The van der Waals surface area contributed by atoms with Crippen LogP contribution in [0.25, 0.3) is 10.8 Å². The Labute approximate surface area is 117 Å². The molecule has 0 unspecified atom stereocenters. The molecule has 3 rings (SSSR count). The quantitative estimate of drug-likeness (QED) is 0.784. The lowest BCUT2D eigenvalue weighted by atomic mass is 10.1. The number of pyridine rings is 1. The number of phenolic OH excluding ortho intramolecular Hbond substituents is 1. The Morgan fingerprint density at radius 2 is 1.65 bits per heavy atom. The lowest BCUT2D eigenvalue weighted by Gasteiger charge is -2.09. The average molecular weight is 265 g/mol. The molecule has 20 heavy (non-hydrogen) atoms. The van der Waals surface area contributed by atoms with Gasteiger partial charge in [0.05, 0.1) is 6.61 Å². The van der Waals surface area contributed by atoms with Gasteiger partial charge in [-0.1, -0.05) is 24.3 Å². The molecule has 0 atom stereocenters. The Balaban J connectivity index is 1.72. The van der Waals surface area contributed by atoms with Crippen molar-refractivity contribution in [1.82, 2.24) is 4.98 Å². The highest BCUT2D eigenvalue weighted by Crippen LogP contribution is 2.31. The van der Waals surface area contributed by atoms with Crippen LogP contribution in [0, 0.1) is 0 Å². The van der Waals surface area contributed by atoms with E-state index in [1.54, 1.807) is 18.5 Å². The molecule has 1 heterocycles. The van der Waals surface area contributed by atoms with Gasteiger partial charge in [0.1, 0.15) is 0 Å². The topological polar surface area (TPSA) is 42.4 Å². The molecule has 0 aliphatic heterocycles. The highest BCUT2D eigenvalue weighted by molar-refractivity contribution is 5.85. The summed E-state index contributed by atoms with van der Waals surface area (Å²) in [5, 5.41) is 12.0. The molecule has 3 nitrogen and oxygen atoms in total. The second kappa shape index (κ2) is 5.61. The summed E-state index contributed by atoms with van der Waals surface area (Å²) < 4.78 is 5.68. The summed E-state index contributed by atoms with van der Waals surface area (Å²) in [4.78, 5) is 3.98. The van der Waals surface area contributed by atoms with Crippen LogP contribution in [0.5, 0.6) is 11.5 Å². The van der Waals surface area contributed by atoms with Gasteiger partial charge in [-0.25, -0.2) is 0 Å². The van der Waals surface area contributed by atoms with Crippen LogP contribution >= 0.6 is 0 Å². The number of nitrogens with zero attached hydrogens (tertiary/aromatic N) is 1. The monoisotopic (exact) mass is 265 g/mol. The fraction of sp³-hybridized carbons (Fsp3) is 0.118. The molecule has 0 saturated heterocycles. The van der Waals surface area contributed by atoms with Gasteiger partial charge in [0.2, 0.25) is 0 Å². The molecule has 3 heteroatoms. The molecule has 0 fully saturated rings. The van der Waals surface area contributed by atoms with Crippen LogP contribution in [0.15, 0.2) is 60.9 Å². The smallest absolute Gasteiger partial charge is 0.161 e. The van der Waals surface area contributed by atoms with Crippen LogP contribution in [-0.4, -0.2) is 16.7 Å². The number of ether oxygens (including phenoxy) is 1. The lowest BCUT2D eigenvalue weighted by molar-refractivity contribution is 0.304. The minimum Gasteiger partial charge on any atom is -0.504 e. The summed E-state index contributed by atoms with van der Waals surface area (Å²) in [5.41, 5.74) is 1.17. The van der Waals surface area contributed by atoms with Crippen LogP contribution in [-0.2, 0) is 6.42 Å². The number of fused-ring (bicyclic) bond motifs is 1. The molecule has 0 amide bonds. The third-order valence-corrected chi connectivity index (χ3v) is 3.22. The third kappa shape index (κ3) is 2.72. The first kappa shape index (κ1) is 12.5. The van der Waals surface area contributed by atoms with Gasteiger partial charge in [0.25, 0.3) is 0 Å². The predicted molar refractivity (Wildman–Crippen MR) is 79.0 cm³/mol. The summed E-state index contributed by atoms with van der Waals surface area (Å²) in [5.74, 6) is 0.705. The van der Waals surface area contributed by atoms with E-state index < -0.39 is 0 Å². The van der Waals surface area contributed by atoms with Gasteiger partial charge in [-0.3, -0.25) is 4.98 Å². The van der Waals surface area contributed by atoms with Gasteiger partial charge in [-0.15, -0.1) is 0 Å². The minimum atomic E-state index is 0.179. The molecule has 0 saturated carbocycles. The van der Waals surface area contributed by atoms with E-state index in [-0.39, 0.29) is 5.75 Å². The maximum atomic E-state index is 9.97. The summed E-state index contributed by atoms with van der Waals surface area (Å²) in [7, 11) is 0. The van der Waals surface area contributed by atoms with Crippen molar-refractivity contribution in [2.75, 3.05) is 6.61 Å². The number of benzene rings is 2. The Morgan fingerprint density at radius 1 is 0.950 bits per heavy atom. The zero-order valence-electron chi connectivity index (χ0n) is 11.0. The first-order chi connectivity index (χ1) is 9.83. The van der Waals surface area contributed by atoms with Crippen LogP contribution in [0.1, 0.15) is 5.56 Å². The van der Waals surface area contributed by atoms with E-state index in [0.29, 0.717) is 12.4 Å². The van der Waals surface area contributed by atoms with Gasteiger partial charge in [0, 0.05) is 18.8 Å². The Hall–Kier alpha value is -2.55. The fourth-order valence-electron chi connectivity index (χ4n) is 2.15. The zero-order valence-corrected chi connectivity index (χ0v) is 11.0. The second-order valence-corrected chi connectivity index (χ2v) is 4.62. The van der Waals surface area contributed by atoms with E-state index in [2.05, 4.69) is 4.98 Å². The van der Waals surface area contributed by atoms with E-state index in [0.717, 1.165) is 17.2 Å². The highest BCUT2D eigenvalue weighted by atomic mass is 16.5. The van der Waals surface area contributed by atoms with Crippen LogP contribution in [0.2, 0.25) is 0 Å². The standard InChI is InChI=1S/C17H15NO2/c19-16-11-14-3-1-2-4-15(14)12-17(16)20-10-7-13-5-8-18-9-6-13/h1-6,8-9,11-12,19H,7,10H2. The molecule has 0 bridgehead atoms. The Kier molecular flexibility index (Phi) is 3.50. The molecular formula is C17H15NO2. The minimum absolute atomic E-state index is 0.179. The lowest BCUT2D eigenvalue weighted by Crippen LogP contribution is -2.01. The van der Waals surface area contributed by atoms with E-state index in [1.165, 1.54) is 5.56 Å². The van der Waals surface area contributed by atoms with Crippen molar-refractivity contribution in [2.24, 2.45) is 0 Å². The molecule has 3 aromatic rings. The number of rotatable bonds is 4. The molecule has 100 valence electrons. The van der Waals surface area contributed by atoms with Crippen LogP contribution in [0.3, 0.4) is 0 Å². The number of aromatic hydroxyl groups is 1. The molecule has 1 aromatic heterocycles. The van der Waals surface area contributed by atoms with Gasteiger partial charge in [-0.05, 0) is 40.6 Å². The SMILES string of the molecule is Oc1cc2ccccc2cc1OCCc1ccncc1. The summed E-state index contributed by atoms with van der Waals surface area (Å²) in [6.07, 6.45) is 4.32. The van der Waals surface area contributed by atoms with Gasteiger partial charge >= 0.3 is 0 Å². The zero-order chi connectivity index (χ0) is 13.8. The number of phenols is 1. The molecule has 1 N–H and O–H groups in total. The molecule has 2 aromatic carbocycles. The Bertz CT molecular complexity index is 711. The maximum Gasteiger partial charge on any atom is 0.161 e. The molecule has 0 aliphatic carbocycles. The largest absolute Gasteiger partial charge is 0.504 e. The van der Waals surface area contributed by atoms with E-state index in [4.69, 9.17) is 4.74 Å². The van der Waals surface area contributed by atoms with Crippen molar-refractivity contribution in [3.63, 3.8) is 0 Å². The predicted octanol–water partition coefficient (Wildman–Crippen LogP) is 3.56.